The van der Waals surface area contributed by atoms with Crippen molar-refractivity contribution in [3.05, 3.63) is 59.7 Å². The van der Waals surface area contributed by atoms with Crippen LogP contribution in [0.4, 0.5) is 4.79 Å². The van der Waals surface area contributed by atoms with Gasteiger partial charge in [0.1, 0.15) is 12.6 Å². The van der Waals surface area contributed by atoms with Gasteiger partial charge in [0.25, 0.3) is 0 Å². The van der Waals surface area contributed by atoms with Gasteiger partial charge in [-0.05, 0) is 29.2 Å². The van der Waals surface area contributed by atoms with Gasteiger partial charge in [-0.3, -0.25) is 4.79 Å². The van der Waals surface area contributed by atoms with E-state index in [2.05, 4.69) is 17.4 Å². The molecule has 23 heavy (non-hydrogen) atoms. The quantitative estimate of drug-likeness (QED) is 0.851. The third-order valence-corrected chi connectivity index (χ3v) is 4.05. The molecular weight excluding hydrogens is 295 g/mol. The highest BCUT2D eigenvalue weighted by atomic mass is 16.6. The van der Waals surface area contributed by atoms with Gasteiger partial charge >= 0.3 is 12.1 Å². The molecule has 2 N–H and O–H groups in total. The topological polar surface area (TPSA) is 75.6 Å². The Hall–Kier alpha value is -2.82. The van der Waals surface area contributed by atoms with E-state index in [0.29, 0.717) is 0 Å². The zero-order chi connectivity index (χ0) is 16.4. The molecule has 0 saturated carbocycles. The summed E-state index contributed by atoms with van der Waals surface area (Å²) in [6.07, 6.45) is -0.721. The van der Waals surface area contributed by atoms with Gasteiger partial charge < -0.3 is 15.2 Å². The molecule has 5 nitrogen and oxygen atoms in total. The number of hydrogen-bond acceptors (Lipinski definition) is 3. The number of carbonyl (C=O) groups excluding carboxylic acids is 1. The number of carboxylic acid groups (broad SMARTS) is 1. The van der Waals surface area contributed by atoms with Gasteiger partial charge in [0, 0.05) is 5.92 Å². The molecule has 0 aliphatic heterocycles. The molecule has 0 aromatic heterocycles. The number of amides is 1. The summed E-state index contributed by atoms with van der Waals surface area (Å²) < 4.78 is 5.25. The van der Waals surface area contributed by atoms with E-state index in [1.165, 1.54) is 6.92 Å². The number of carboxylic acids is 1. The van der Waals surface area contributed by atoms with Crippen LogP contribution in [-0.2, 0) is 9.53 Å². The number of ether oxygens (including phenoxy) is 1. The SMILES string of the molecule is C[13CH](NC(=O)OCC1c2ccccc2-c2ccccc21)C(=O)O. The molecule has 0 heterocycles. The van der Waals surface area contributed by atoms with Crippen LogP contribution in [0.3, 0.4) is 0 Å². The second kappa shape index (κ2) is 6.12. The van der Waals surface area contributed by atoms with Crippen LogP contribution in [0.1, 0.15) is 24.0 Å². The fraction of sp³-hybridized carbons (Fsp3) is 0.222. The molecule has 0 spiro atoms. The van der Waals surface area contributed by atoms with Crippen LogP contribution < -0.4 is 5.32 Å². The summed E-state index contributed by atoms with van der Waals surface area (Å²) in [5, 5.41) is 11.1. The van der Waals surface area contributed by atoms with Crippen molar-refractivity contribution in [2.45, 2.75) is 18.9 Å². The Bertz CT molecular complexity index is 711. The van der Waals surface area contributed by atoms with Gasteiger partial charge in [-0.25, -0.2) is 4.79 Å². The minimum atomic E-state index is -1.10. The van der Waals surface area contributed by atoms with E-state index in [0.717, 1.165) is 22.3 Å². The molecule has 2 aromatic rings. The number of alkyl carbamates (subject to hydrolysis) is 1. The highest BCUT2D eigenvalue weighted by Gasteiger charge is 2.29. The number of rotatable bonds is 4. The summed E-state index contributed by atoms with van der Waals surface area (Å²) in [7, 11) is 0. The Morgan fingerprint density at radius 1 is 1.09 bits per heavy atom. The molecule has 1 aliphatic rings. The average Bonchev–Trinajstić information content (AvgIpc) is 2.87. The Morgan fingerprint density at radius 2 is 1.61 bits per heavy atom. The Morgan fingerprint density at radius 3 is 2.13 bits per heavy atom. The van der Waals surface area contributed by atoms with Crippen LogP contribution in [-0.4, -0.2) is 29.8 Å². The zero-order valence-electron chi connectivity index (χ0n) is 12.7. The normalized spacial score (nSPS) is 13.8. The lowest BCUT2D eigenvalue weighted by atomic mass is 9.98. The lowest BCUT2D eigenvalue weighted by Gasteiger charge is -2.15. The van der Waals surface area contributed by atoms with Crippen molar-refractivity contribution in [3.8, 4) is 11.1 Å². The average molecular weight is 312 g/mol. The van der Waals surface area contributed by atoms with Crippen LogP contribution >= 0.6 is 0 Å². The number of aliphatic carboxylic acids is 1. The first-order valence-electron chi connectivity index (χ1n) is 7.42. The molecule has 0 saturated heterocycles. The lowest BCUT2D eigenvalue weighted by Crippen LogP contribution is -2.39. The number of benzene rings is 2. The Balaban J connectivity index is 1.76. The third-order valence-electron chi connectivity index (χ3n) is 4.05. The summed E-state index contributed by atoms with van der Waals surface area (Å²) >= 11 is 0. The van der Waals surface area contributed by atoms with E-state index in [1.54, 1.807) is 0 Å². The summed E-state index contributed by atoms with van der Waals surface area (Å²) in [6, 6.07) is 15.1. The molecule has 1 atom stereocenters. The molecule has 1 unspecified atom stereocenters. The zero-order valence-corrected chi connectivity index (χ0v) is 12.7. The molecule has 0 radical (unpaired) electrons. The van der Waals surface area contributed by atoms with Crippen molar-refractivity contribution in [2.24, 2.45) is 0 Å². The molecule has 1 aliphatic carbocycles. The minimum absolute atomic E-state index is 0.0340. The summed E-state index contributed by atoms with van der Waals surface area (Å²) in [4.78, 5) is 22.5. The minimum Gasteiger partial charge on any atom is -0.480 e. The van der Waals surface area contributed by atoms with E-state index < -0.39 is 18.1 Å². The third kappa shape index (κ3) is 2.90. The van der Waals surface area contributed by atoms with E-state index in [1.807, 2.05) is 36.4 Å². The smallest absolute Gasteiger partial charge is 0.407 e. The van der Waals surface area contributed by atoms with Gasteiger partial charge in [-0.15, -0.1) is 0 Å². The van der Waals surface area contributed by atoms with E-state index >= 15 is 0 Å². The molecule has 2 aromatic carbocycles. The first kappa shape index (κ1) is 15.1. The second-order valence-corrected chi connectivity index (χ2v) is 5.53. The molecule has 5 heteroatoms. The molecule has 118 valence electrons. The predicted molar refractivity (Wildman–Crippen MR) is 85.3 cm³/mol. The monoisotopic (exact) mass is 312 g/mol. The Kier molecular flexibility index (Phi) is 4.02. The largest absolute Gasteiger partial charge is 0.480 e. The van der Waals surface area contributed by atoms with Gasteiger partial charge in [-0.1, -0.05) is 48.5 Å². The first-order chi connectivity index (χ1) is 11.1. The van der Waals surface area contributed by atoms with Crippen molar-refractivity contribution in [3.63, 3.8) is 0 Å². The number of fused-ring (bicyclic) bond motifs is 3. The van der Waals surface area contributed by atoms with E-state index in [9.17, 15) is 9.59 Å². The number of hydrogen-bond donors (Lipinski definition) is 2. The maximum Gasteiger partial charge on any atom is 0.407 e. The molecule has 0 fully saturated rings. The molecular formula is C18H17NO4. The standard InChI is InChI=1S/C18H17NO4/c1-11(17(20)21)19-18(22)23-10-16-14-8-4-2-6-12(14)13-7-3-5-9-15(13)16/h2-9,11,16H,10H2,1H3,(H,19,22)(H,20,21)/i11+1. The van der Waals surface area contributed by atoms with E-state index in [4.69, 9.17) is 9.84 Å². The van der Waals surface area contributed by atoms with Gasteiger partial charge in [0.2, 0.25) is 0 Å². The van der Waals surface area contributed by atoms with Crippen LogP contribution in [0.25, 0.3) is 11.1 Å². The van der Waals surface area contributed by atoms with Crippen LogP contribution in [0, 0.1) is 0 Å². The summed E-state index contributed by atoms with van der Waals surface area (Å²) in [6.45, 7) is 1.57. The van der Waals surface area contributed by atoms with Crippen molar-refractivity contribution in [2.75, 3.05) is 6.61 Å². The van der Waals surface area contributed by atoms with Crippen LogP contribution in [0.5, 0.6) is 0 Å². The highest BCUT2D eigenvalue weighted by molar-refractivity contribution is 5.80. The first-order valence-corrected chi connectivity index (χ1v) is 7.42. The molecule has 0 bridgehead atoms. The van der Waals surface area contributed by atoms with E-state index in [-0.39, 0.29) is 12.5 Å². The maximum absolute atomic E-state index is 11.7. The van der Waals surface area contributed by atoms with Crippen LogP contribution in [0.15, 0.2) is 48.5 Å². The van der Waals surface area contributed by atoms with Gasteiger partial charge in [-0.2, -0.15) is 0 Å². The molecule has 1 amide bonds. The fourth-order valence-electron chi connectivity index (χ4n) is 2.88. The van der Waals surface area contributed by atoms with Gasteiger partial charge in [0.15, 0.2) is 0 Å². The molecule has 3 rings (SSSR count). The highest BCUT2D eigenvalue weighted by Crippen LogP contribution is 2.44. The van der Waals surface area contributed by atoms with Crippen LogP contribution in [0.2, 0.25) is 0 Å². The van der Waals surface area contributed by atoms with Crippen molar-refractivity contribution in [1.29, 1.82) is 0 Å². The number of nitrogens with one attached hydrogen (secondary N) is 1. The van der Waals surface area contributed by atoms with Crippen molar-refractivity contribution >= 4 is 12.1 Å². The summed E-state index contributed by atoms with van der Waals surface area (Å²) in [5.41, 5.74) is 4.53. The second-order valence-electron chi connectivity index (χ2n) is 5.53. The maximum atomic E-state index is 11.7. The Labute approximate surface area is 133 Å². The van der Waals surface area contributed by atoms with Crippen molar-refractivity contribution < 1.29 is 19.4 Å². The van der Waals surface area contributed by atoms with Crippen molar-refractivity contribution in [1.82, 2.24) is 5.32 Å². The lowest BCUT2D eigenvalue weighted by molar-refractivity contribution is -0.138. The summed E-state index contributed by atoms with van der Waals surface area (Å²) in [5.74, 6) is -1.13. The predicted octanol–water partition coefficient (Wildman–Crippen LogP) is 3.00. The fourth-order valence-corrected chi connectivity index (χ4v) is 2.88. The van der Waals surface area contributed by atoms with Gasteiger partial charge in [0.05, 0.1) is 0 Å². The number of carbonyl (C=O) groups is 2.